The molecule has 2 rings (SSSR count). The van der Waals surface area contributed by atoms with Crippen molar-refractivity contribution in [2.75, 3.05) is 0 Å². The number of oxazole rings is 1. The van der Waals surface area contributed by atoms with Crippen LogP contribution in [0.5, 0.6) is 0 Å². The number of pyridine rings is 1. The van der Waals surface area contributed by atoms with Gasteiger partial charge in [-0.3, -0.25) is 0 Å². The van der Waals surface area contributed by atoms with E-state index >= 15 is 0 Å². The Balaban J connectivity index is 2.19. The highest BCUT2D eigenvalue weighted by atomic mass is 35.5. The Kier molecular flexibility index (Phi) is 3.66. The van der Waals surface area contributed by atoms with E-state index in [2.05, 4.69) is 4.98 Å². The summed E-state index contributed by atoms with van der Waals surface area (Å²) in [6, 6.07) is 2.97. The third-order valence-corrected chi connectivity index (χ3v) is 2.71. The topological polar surface area (TPSA) is 53.0 Å². The van der Waals surface area contributed by atoms with Gasteiger partial charge in [0.25, 0.3) is 5.15 Å². The van der Waals surface area contributed by atoms with E-state index in [1.165, 1.54) is 24.5 Å². The molecule has 4 nitrogen and oxygen atoms in total. The lowest BCUT2D eigenvalue weighted by molar-refractivity contribution is -0.602. The number of halogens is 4. The second-order valence-electron chi connectivity index (χ2n) is 3.77. The normalized spacial score (nSPS) is 11.8. The molecular formula is C11H8ClF3N2O2. The molecule has 0 atom stereocenters. The van der Waals surface area contributed by atoms with Crippen LogP contribution in [0, 0.1) is 5.21 Å². The molecule has 0 radical (unpaired) electrons. The summed E-state index contributed by atoms with van der Waals surface area (Å²) < 4.78 is 41.7. The third kappa shape index (κ3) is 3.37. The van der Waals surface area contributed by atoms with Crippen LogP contribution in [0.3, 0.4) is 0 Å². The number of nitrogens with zero attached hydrogens (tertiary/aromatic N) is 2. The van der Waals surface area contributed by atoms with Gasteiger partial charge in [0.1, 0.15) is 5.56 Å². The first-order valence-corrected chi connectivity index (χ1v) is 5.64. The molecule has 0 saturated heterocycles. The van der Waals surface area contributed by atoms with Gasteiger partial charge in [-0.15, -0.1) is 0 Å². The summed E-state index contributed by atoms with van der Waals surface area (Å²) in [5, 5.41) is 11.1. The fourth-order valence-corrected chi connectivity index (χ4v) is 1.67. The molecule has 0 bridgehead atoms. The predicted molar refractivity (Wildman–Crippen MR) is 60.3 cm³/mol. The maximum absolute atomic E-state index is 12.1. The molecule has 2 aromatic heterocycles. The van der Waals surface area contributed by atoms with Gasteiger partial charge in [-0.25, -0.2) is 4.98 Å². The molecule has 0 N–H and O–H groups in total. The second-order valence-corrected chi connectivity index (χ2v) is 4.13. The van der Waals surface area contributed by atoms with Crippen LogP contribution in [0.25, 0.3) is 11.3 Å². The minimum absolute atomic E-state index is 0.0512. The van der Waals surface area contributed by atoms with E-state index in [4.69, 9.17) is 16.0 Å². The number of alkyl halides is 3. The Labute approximate surface area is 111 Å². The maximum Gasteiger partial charge on any atom is 0.389 e. The Bertz CT molecular complexity index is 584. The van der Waals surface area contributed by atoms with Gasteiger partial charge in [0.05, 0.1) is 12.6 Å². The molecule has 0 unspecified atom stereocenters. The maximum atomic E-state index is 12.1. The first-order valence-electron chi connectivity index (χ1n) is 5.26. The average Bonchev–Trinajstić information content (AvgIpc) is 2.78. The van der Waals surface area contributed by atoms with Gasteiger partial charge >= 0.3 is 6.18 Å². The summed E-state index contributed by atoms with van der Waals surface area (Å²) >= 11 is 5.77. The van der Waals surface area contributed by atoms with E-state index in [0.29, 0.717) is 4.73 Å². The number of aryl methyl sites for hydroxylation is 1. The number of aromatic nitrogens is 2. The molecule has 0 aliphatic heterocycles. The quantitative estimate of drug-likeness (QED) is 0.496. The fraction of sp³-hybridized carbons (Fsp3) is 0.273. The van der Waals surface area contributed by atoms with Crippen LogP contribution in [0.4, 0.5) is 13.2 Å². The zero-order valence-corrected chi connectivity index (χ0v) is 10.2. The van der Waals surface area contributed by atoms with Crippen LogP contribution in [-0.2, 0) is 6.42 Å². The molecule has 102 valence electrons. The molecule has 19 heavy (non-hydrogen) atoms. The van der Waals surface area contributed by atoms with Crippen molar-refractivity contribution in [3.8, 4) is 11.3 Å². The van der Waals surface area contributed by atoms with Crippen LogP contribution < -0.4 is 4.73 Å². The van der Waals surface area contributed by atoms with Crippen molar-refractivity contribution >= 4 is 11.6 Å². The Hall–Kier alpha value is -1.76. The molecular weight excluding hydrogens is 285 g/mol. The number of hydrogen-bond donors (Lipinski definition) is 0. The minimum Gasteiger partial charge on any atom is -0.618 e. The third-order valence-electron chi connectivity index (χ3n) is 2.34. The summed E-state index contributed by atoms with van der Waals surface area (Å²) in [7, 11) is 0. The molecule has 0 spiro atoms. The molecule has 0 saturated carbocycles. The van der Waals surface area contributed by atoms with Crippen LogP contribution in [0.15, 0.2) is 28.9 Å². The first-order chi connectivity index (χ1) is 8.87. The predicted octanol–water partition coefficient (Wildman–Crippen LogP) is 3.12. The lowest BCUT2D eigenvalue weighted by Gasteiger charge is -2.03. The van der Waals surface area contributed by atoms with Crippen molar-refractivity contribution in [3.05, 3.63) is 40.8 Å². The van der Waals surface area contributed by atoms with Gasteiger partial charge in [0.2, 0.25) is 0 Å². The second kappa shape index (κ2) is 5.08. The molecule has 2 heterocycles. The van der Waals surface area contributed by atoms with Crippen molar-refractivity contribution in [3.63, 3.8) is 0 Å². The van der Waals surface area contributed by atoms with Crippen molar-refractivity contribution < 1.29 is 22.3 Å². The zero-order valence-electron chi connectivity index (χ0n) is 9.45. The fourth-order valence-electron chi connectivity index (χ4n) is 1.45. The highest BCUT2D eigenvalue weighted by Gasteiger charge is 2.27. The van der Waals surface area contributed by atoms with Gasteiger partial charge in [-0.1, -0.05) is 0 Å². The first kappa shape index (κ1) is 13.7. The summed E-state index contributed by atoms with van der Waals surface area (Å²) in [6.07, 6.45) is -3.20. The van der Waals surface area contributed by atoms with E-state index in [-0.39, 0.29) is 28.8 Å². The van der Waals surface area contributed by atoms with Crippen LogP contribution >= 0.6 is 11.6 Å². The summed E-state index contributed by atoms with van der Waals surface area (Å²) in [4.78, 5) is 3.73. The summed E-state index contributed by atoms with van der Waals surface area (Å²) in [5.41, 5.74) is 0.282. The van der Waals surface area contributed by atoms with Crippen molar-refractivity contribution in [1.29, 1.82) is 0 Å². The SMILES string of the molecule is [O-][n+]1cccc(-c2cnc(CCC(F)(F)F)o2)c1Cl. The molecule has 0 amide bonds. The van der Waals surface area contributed by atoms with Gasteiger partial charge in [-0.05, 0) is 17.7 Å². The van der Waals surface area contributed by atoms with Gasteiger partial charge in [-0.2, -0.15) is 17.9 Å². The van der Waals surface area contributed by atoms with E-state index in [1.54, 1.807) is 0 Å². The van der Waals surface area contributed by atoms with Crippen LogP contribution in [0.1, 0.15) is 12.3 Å². The number of rotatable bonds is 3. The van der Waals surface area contributed by atoms with Gasteiger partial charge in [0, 0.05) is 12.5 Å². The number of hydrogen-bond acceptors (Lipinski definition) is 3. The average molecular weight is 293 g/mol. The summed E-state index contributed by atoms with van der Waals surface area (Å²) in [5.74, 6) is 0.108. The van der Waals surface area contributed by atoms with Crippen molar-refractivity contribution in [2.45, 2.75) is 19.0 Å². The standard InChI is InChI=1S/C11H8ClF3N2O2/c12-10-7(2-1-5-17(10)18)8-6-16-9(19-8)3-4-11(13,14)15/h1-2,5-6H,3-4H2. The Morgan fingerprint density at radius 1 is 1.42 bits per heavy atom. The van der Waals surface area contributed by atoms with Crippen LogP contribution in [-0.4, -0.2) is 11.2 Å². The monoisotopic (exact) mass is 292 g/mol. The van der Waals surface area contributed by atoms with E-state index in [9.17, 15) is 18.4 Å². The van der Waals surface area contributed by atoms with Gasteiger partial charge < -0.3 is 9.62 Å². The van der Waals surface area contributed by atoms with Gasteiger partial charge in [0.15, 0.2) is 17.8 Å². The summed E-state index contributed by atoms with van der Waals surface area (Å²) in [6.45, 7) is 0. The molecule has 0 aliphatic carbocycles. The Morgan fingerprint density at radius 2 is 2.16 bits per heavy atom. The van der Waals surface area contributed by atoms with Crippen molar-refractivity contribution in [1.82, 2.24) is 4.98 Å². The minimum atomic E-state index is -4.27. The highest BCUT2D eigenvalue weighted by molar-refractivity contribution is 6.31. The van der Waals surface area contributed by atoms with E-state index in [0.717, 1.165) is 0 Å². The largest absolute Gasteiger partial charge is 0.618 e. The lowest BCUT2D eigenvalue weighted by atomic mass is 10.2. The zero-order chi connectivity index (χ0) is 14.0. The molecule has 2 aromatic rings. The van der Waals surface area contributed by atoms with E-state index in [1.807, 2.05) is 0 Å². The highest BCUT2D eigenvalue weighted by Crippen LogP contribution is 2.27. The molecule has 0 aliphatic rings. The van der Waals surface area contributed by atoms with E-state index < -0.39 is 12.6 Å². The molecule has 8 heteroatoms. The van der Waals surface area contributed by atoms with Crippen LogP contribution in [0.2, 0.25) is 5.15 Å². The molecule has 0 aromatic carbocycles. The van der Waals surface area contributed by atoms with Crippen molar-refractivity contribution in [2.24, 2.45) is 0 Å². The molecule has 0 fully saturated rings. The Morgan fingerprint density at radius 3 is 2.84 bits per heavy atom. The lowest BCUT2D eigenvalue weighted by Crippen LogP contribution is -2.26. The smallest absolute Gasteiger partial charge is 0.389 e.